The molecule has 1 fully saturated rings. The SMILES string of the molecule is CCOc1ccc2c(c1)C(COc1ccc(CC3SC(=O)NC3=O)cc1)=CC(C)(C)N2.Cl. The van der Waals surface area contributed by atoms with Crippen molar-refractivity contribution in [1.82, 2.24) is 5.32 Å². The maximum absolute atomic E-state index is 11.8. The smallest absolute Gasteiger partial charge is 0.286 e. The summed E-state index contributed by atoms with van der Waals surface area (Å²) in [6.07, 6.45) is 2.70. The number of ether oxygens (including phenoxy) is 2. The molecule has 2 amide bonds. The molecule has 2 aliphatic rings. The number of carbonyl (C=O) groups is 2. The molecule has 0 bridgehead atoms. The van der Waals surface area contributed by atoms with Gasteiger partial charge in [0, 0.05) is 11.3 Å². The van der Waals surface area contributed by atoms with E-state index in [1.54, 1.807) is 0 Å². The number of nitrogens with one attached hydrogen (secondary N) is 2. The summed E-state index contributed by atoms with van der Waals surface area (Å²) in [5.74, 6) is 1.37. The summed E-state index contributed by atoms with van der Waals surface area (Å²) in [5, 5.41) is 5.22. The molecule has 2 heterocycles. The van der Waals surface area contributed by atoms with E-state index in [9.17, 15) is 9.59 Å². The van der Waals surface area contributed by atoms with Gasteiger partial charge in [-0.2, -0.15) is 0 Å². The molecule has 0 radical (unpaired) electrons. The zero-order valence-corrected chi connectivity index (χ0v) is 19.9. The lowest BCUT2D eigenvalue weighted by atomic mass is 9.90. The van der Waals surface area contributed by atoms with Gasteiger partial charge in [-0.15, -0.1) is 12.4 Å². The number of rotatable bonds is 7. The van der Waals surface area contributed by atoms with E-state index < -0.39 is 0 Å². The van der Waals surface area contributed by atoms with Crippen LogP contribution in [0.4, 0.5) is 10.5 Å². The molecule has 1 saturated heterocycles. The zero-order chi connectivity index (χ0) is 22.0. The van der Waals surface area contributed by atoms with Crippen molar-refractivity contribution in [2.24, 2.45) is 0 Å². The highest BCUT2D eigenvalue weighted by Gasteiger charge is 2.31. The van der Waals surface area contributed by atoms with Gasteiger partial charge in [-0.05, 0) is 68.7 Å². The molecule has 6 nitrogen and oxygen atoms in total. The number of hydrogen-bond donors (Lipinski definition) is 2. The lowest BCUT2D eigenvalue weighted by molar-refractivity contribution is -0.118. The Bertz CT molecular complexity index is 1040. The number of hydrogen-bond acceptors (Lipinski definition) is 6. The predicted octanol–water partition coefficient (Wildman–Crippen LogP) is 5.07. The van der Waals surface area contributed by atoms with Gasteiger partial charge in [-0.3, -0.25) is 14.9 Å². The van der Waals surface area contributed by atoms with Gasteiger partial charge in [0.1, 0.15) is 18.1 Å². The molecule has 8 heteroatoms. The van der Waals surface area contributed by atoms with Gasteiger partial charge in [0.25, 0.3) is 5.24 Å². The summed E-state index contributed by atoms with van der Waals surface area (Å²) < 4.78 is 11.8. The maximum atomic E-state index is 11.8. The van der Waals surface area contributed by atoms with E-state index in [0.29, 0.717) is 19.6 Å². The third-order valence-electron chi connectivity index (χ3n) is 5.15. The topological polar surface area (TPSA) is 76.7 Å². The molecule has 2 N–H and O–H groups in total. The summed E-state index contributed by atoms with van der Waals surface area (Å²) in [5.41, 5.74) is 4.05. The quantitative estimate of drug-likeness (QED) is 0.583. The molecule has 1 unspecified atom stereocenters. The van der Waals surface area contributed by atoms with Crippen LogP contribution in [-0.2, 0) is 11.2 Å². The molecule has 0 aliphatic carbocycles. The van der Waals surface area contributed by atoms with E-state index >= 15 is 0 Å². The molecule has 2 aromatic carbocycles. The van der Waals surface area contributed by atoms with Gasteiger partial charge in [0.2, 0.25) is 5.91 Å². The lowest BCUT2D eigenvalue weighted by Gasteiger charge is -2.32. The number of anilines is 1. The first kappa shape index (κ1) is 24.0. The van der Waals surface area contributed by atoms with Crippen LogP contribution in [0.25, 0.3) is 5.57 Å². The summed E-state index contributed by atoms with van der Waals surface area (Å²) in [6.45, 7) is 7.28. The van der Waals surface area contributed by atoms with Gasteiger partial charge in [0.05, 0.1) is 17.4 Å². The maximum Gasteiger partial charge on any atom is 0.286 e. The minimum atomic E-state index is -0.363. The van der Waals surface area contributed by atoms with E-state index in [1.807, 2.05) is 49.4 Å². The van der Waals surface area contributed by atoms with Gasteiger partial charge < -0.3 is 14.8 Å². The van der Waals surface area contributed by atoms with Crippen molar-refractivity contribution in [3.63, 3.8) is 0 Å². The molecule has 0 spiro atoms. The normalized spacial score (nSPS) is 18.6. The highest BCUT2D eigenvalue weighted by Crippen LogP contribution is 2.36. The van der Waals surface area contributed by atoms with Crippen molar-refractivity contribution >= 4 is 46.6 Å². The number of carbonyl (C=O) groups excluding carboxylic acids is 2. The third kappa shape index (κ3) is 5.58. The standard InChI is InChI=1S/C24H26N2O4S.ClH/c1-4-29-18-9-10-20-19(12-18)16(13-24(2,3)26-20)14-30-17-7-5-15(6-8-17)11-21-22(27)25-23(28)31-21;/h5-10,12-13,21,26H,4,11,14H2,1-3H3,(H,25,27,28);1H. The van der Waals surface area contributed by atoms with Crippen LogP contribution in [0.15, 0.2) is 48.5 Å². The molecule has 170 valence electrons. The second-order valence-electron chi connectivity index (χ2n) is 8.18. The second-order valence-corrected chi connectivity index (χ2v) is 9.35. The van der Waals surface area contributed by atoms with Crippen LogP contribution < -0.4 is 20.1 Å². The third-order valence-corrected chi connectivity index (χ3v) is 6.13. The van der Waals surface area contributed by atoms with E-state index in [4.69, 9.17) is 9.47 Å². The van der Waals surface area contributed by atoms with E-state index in [2.05, 4.69) is 30.6 Å². The fourth-order valence-corrected chi connectivity index (χ4v) is 4.65. The molecule has 0 saturated carbocycles. The van der Waals surface area contributed by atoms with E-state index in [1.165, 1.54) is 0 Å². The molecular weight excluding hydrogens is 448 g/mol. The first-order valence-corrected chi connectivity index (χ1v) is 11.2. The molecule has 2 aliphatic heterocycles. The van der Waals surface area contributed by atoms with Crippen LogP contribution in [0.2, 0.25) is 0 Å². The average Bonchev–Trinajstić information content (AvgIpc) is 3.04. The summed E-state index contributed by atoms with van der Waals surface area (Å²) in [6, 6.07) is 13.8. The van der Waals surface area contributed by atoms with Gasteiger partial charge >= 0.3 is 0 Å². The molecule has 32 heavy (non-hydrogen) atoms. The van der Waals surface area contributed by atoms with Crippen LogP contribution in [0.3, 0.4) is 0 Å². The number of fused-ring (bicyclic) bond motifs is 1. The fraction of sp³-hybridized carbons (Fsp3) is 0.333. The van der Waals surface area contributed by atoms with Gasteiger partial charge in [0.15, 0.2) is 0 Å². The highest BCUT2D eigenvalue weighted by molar-refractivity contribution is 8.15. The fourth-order valence-electron chi connectivity index (χ4n) is 3.79. The second kappa shape index (κ2) is 9.88. The minimum Gasteiger partial charge on any atom is -0.494 e. The number of thioether (sulfide) groups is 1. The van der Waals surface area contributed by atoms with Crippen LogP contribution in [0.5, 0.6) is 11.5 Å². The van der Waals surface area contributed by atoms with Crippen molar-refractivity contribution in [1.29, 1.82) is 0 Å². The van der Waals surface area contributed by atoms with Crippen molar-refractivity contribution in [3.8, 4) is 11.5 Å². The van der Waals surface area contributed by atoms with Crippen molar-refractivity contribution in [3.05, 3.63) is 59.7 Å². The van der Waals surface area contributed by atoms with Crippen molar-refractivity contribution in [2.45, 2.75) is 38.0 Å². The highest BCUT2D eigenvalue weighted by atomic mass is 35.5. The number of halogens is 1. The zero-order valence-electron chi connectivity index (χ0n) is 18.3. The van der Waals surface area contributed by atoms with E-state index in [0.717, 1.165) is 45.6 Å². The molecular formula is C24H27ClN2O4S. The lowest BCUT2D eigenvalue weighted by Crippen LogP contribution is -2.32. The Kier molecular flexibility index (Phi) is 7.41. The van der Waals surface area contributed by atoms with Crippen molar-refractivity contribution in [2.75, 3.05) is 18.5 Å². The number of amides is 2. The van der Waals surface area contributed by atoms with Crippen LogP contribution in [-0.4, -0.2) is 35.1 Å². The first-order chi connectivity index (χ1) is 14.8. The molecule has 0 aromatic heterocycles. The Morgan fingerprint density at radius 2 is 1.75 bits per heavy atom. The first-order valence-electron chi connectivity index (χ1n) is 10.3. The predicted molar refractivity (Wildman–Crippen MR) is 131 cm³/mol. The largest absolute Gasteiger partial charge is 0.494 e. The summed E-state index contributed by atoms with van der Waals surface area (Å²) >= 11 is 1.05. The molecule has 2 aromatic rings. The Morgan fingerprint density at radius 3 is 2.41 bits per heavy atom. The molecule has 4 rings (SSSR count). The van der Waals surface area contributed by atoms with Crippen LogP contribution in [0.1, 0.15) is 31.9 Å². The van der Waals surface area contributed by atoms with Crippen LogP contribution in [0, 0.1) is 0 Å². The minimum absolute atomic E-state index is 0. The van der Waals surface area contributed by atoms with Crippen molar-refractivity contribution < 1.29 is 19.1 Å². The summed E-state index contributed by atoms with van der Waals surface area (Å²) in [4.78, 5) is 23.1. The van der Waals surface area contributed by atoms with Crippen LogP contribution >= 0.6 is 24.2 Å². The Hall–Kier alpha value is -2.64. The molecule has 1 atom stereocenters. The van der Waals surface area contributed by atoms with Gasteiger partial charge in [-0.1, -0.05) is 30.0 Å². The average molecular weight is 475 g/mol. The van der Waals surface area contributed by atoms with Gasteiger partial charge in [-0.25, -0.2) is 0 Å². The Balaban J connectivity index is 0.00000289. The number of benzene rings is 2. The Labute approximate surface area is 198 Å². The Morgan fingerprint density at radius 1 is 1.03 bits per heavy atom. The summed E-state index contributed by atoms with van der Waals surface area (Å²) in [7, 11) is 0. The monoisotopic (exact) mass is 474 g/mol. The van der Waals surface area contributed by atoms with E-state index in [-0.39, 0.29) is 34.3 Å². The number of imide groups is 1.